The number of ketones is 2. The van der Waals surface area contributed by atoms with Crippen molar-refractivity contribution >= 4 is 44.4 Å². The molecule has 0 saturated heterocycles. The van der Waals surface area contributed by atoms with Gasteiger partial charge in [-0.25, -0.2) is 4.79 Å². The first kappa shape index (κ1) is 26.3. The number of furan rings is 1. The molecule has 6 heteroatoms. The zero-order chi connectivity index (χ0) is 25.7. The van der Waals surface area contributed by atoms with Gasteiger partial charge in [0.15, 0.2) is 17.3 Å². The Kier molecular flexibility index (Phi) is 8.78. The van der Waals surface area contributed by atoms with E-state index in [-0.39, 0.29) is 36.1 Å². The summed E-state index contributed by atoms with van der Waals surface area (Å²) in [6, 6.07) is 10.6. The molecule has 1 aliphatic carbocycles. The Hall–Kier alpha value is -2.73. The lowest BCUT2D eigenvalue weighted by molar-refractivity contribution is 0.0418. The maximum absolute atomic E-state index is 12.8. The molecule has 1 aliphatic rings. The van der Waals surface area contributed by atoms with Crippen LogP contribution in [0.4, 0.5) is 0 Å². The number of fused-ring (bicyclic) bond motifs is 1. The fraction of sp³-hybridized carbons (Fsp3) is 0.433. The van der Waals surface area contributed by atoms with E-state index in [0.29, 0.717) is 33.7 Å². The van der Waals surface area contributed by atoms with Crippen molar-refractivity contribution in [1.29, 1.82) is 0 Å². The number of hydrogen-bond acceptors (Lipinski definition) is 5. The van der Waals surface area contributed by atoms with Crippen LogP contribution in [0.5, 0.6) is 0 Å². The first-order valence-electron chi connectivity index (χ1n) is 12.9. The SMILES string of the molecule is Cc1ccc(C)c2oc(C(=O)CCC(=O)c3ccc(C(=O)OCC4CCCCCCC4)cc3Br)cc12. The van der Waals surface area contributed by atoms with Crippen molar-refractivity contribution in [2.45, 2.75) is 71.6 Å². The monoisotopic (exact) mass is 552 g/mol. The van der Waals surface area contributed by atoms with Gasteiger partial charge in [-0.15, -0.1) is 0 Å². The van der Waals surface area contributed by atoms with Gasteiger partial charge in [-0.1, -0.05) is 60.2 Å². The molecule has 1 heterocycles. The van der Waals surface area contributed by atoms with E-state index >= 15 is 0 Å². The molecule has 0 aliphatic heterocycles. The molecule has 0 spiro atoms. The molecular formula is C30H33BrO5. The van der Waals surface area contributed by atoms with E-state index in [2.05, 4.69) is 15.9 Å². The van der Waals surface area contributed by atoms with E-state index in [1.807, 2.05) is 26.0 Å². The van der Waals surface area contributed by atoms with Gasteiger partial charge in [-0.05, 0) is 68.0 Å². The first-order valence-corrected chi connectivity index (χ1v) is 13.7. The maximum Gasteiger partial charge on any atom is 0.338 e. The zero-order valence-electron chi connectivity index (χ0n) is 21.0. The van der Waals surface area contributed by atoms with Crippen LogP contribution in [-0.4, -0.2) is 24.1 Å². The summed E-state index contributed by atoms with van der Waals surface area (Å²) >= 11 is 3.42. The Balaban J connectivity index is 1.33. The van der Waals surface area contributed by atoms with E-state index in [1.54, 1.807) is 24.3 Å². The van der Waals surface area contributed by atoms with Gasteiger partial charge in [0.25, 0.3) is 0 Å². The lowest BCUT2D eigenvalue weighted by atomic mass is 9.92. The van der Waals surface area contributed by atoms with Crippen molar-refractivity contribution in [2.24, 2.45) is 5.92 Å². The number of esters is 1. The Morgan fingerprint density at radius 2 is 1.56 bits per heavy atom. The van der Waals surface area contributed by atoms with Crippen LogP contribution in [-0.2, 0) is 4.74 Å². The average molecular weight is 553 g/mol. The van der Waals surface area contributed by atoms with Gasteiger partial charge >= 0.3 is 5.97 Å². The second kappa shape index (κ2) is 12.0. The predicted molar refractivity (Wildman–Crippen MR) is 144 cm³/mol. The smallest absolute Gasteiger partial charge is 0.338 e. The number of ether oxygens (including phenoxy) is 1. The van der Waals surface area contributed by atoms with E-state index in [0.717, 1.165) is 29.4 Å². The molecule has 5 nitrogen and oxygen atoms in total. The summed E-state index contributed by atoms with van der Waals surface area (Å²) in [7, 11) is 0. The molecule has 0 atom stereocenters. The van der Waals surface area contributed by atoms with Crippen molar-refractivity contribution < 1.29 is 23.5 Å². The minimum absolute atomic E-state index is 0.0500. The summed E-state index contributed by atoms with van der Waals surface area (Å²) in [5.41, 5.74) is 3.58. The van der Waals surface area contributed by atoms with Crippen molar-refractivity contribution in [1.82, 2.24) is 0 Å². The van der Waals surface area contributed by atoms with E-state index in [9.17, 15) is 14.4 Å². The fourth-order valence-corrected chi connectivity index (χ4v) is 5.47. The summed E-state index contributed by atoms with van der Waals surface area (Å²) in [6.45, 7) is 4.36. The maximum atomic E-state index is 12.8. The molecule has 0 amide bonds. The number of hydrogen-bond donors (Lipinski definition) is 0. The van der Waals surface area contributed by atoms with E-state index in [4.69, 9.17) is 9.15 Å². The highest BCUT2D eigenvalue weighted by Crippen LogP contribution is 2.28. The number of rotatable bonds is 8. The second-order valence-corrected chi connectivity index (χ2v) is 10.8. The summed E-state index contributed by atoms with van der Waals surface area (Å²) in [6.07, 6.45) is 8.54. The second-order valence-electron chi connectivity index (χ2n) is 9.90. The molecule has 1 saturated carbocycles. The molecular weight excluding hydrogens is 520 g/mol. The number of aryl methyl sites for hydroxylation is 2. The third-order valence-electron chi connectivity index (χ3n) is 7.13. The molecule has 2 aromatic carbocycles. The molecule has 4 rings (SSSR count). The quantitative estimate of drug-likeness (QED) is 0.208. The minimum Gasteiger partial charge on any atom is -0.462 e. The number of benzene rings is 2. The van der Waals surface area contributed by atoms with Crippen molar-refractivity contribution in [3.8, 4) is 0 Å². The van der Waals surface area contributed by atoms with Crippen LogP contribution in [0, 0.1) is 19.8 Å². The minimum atomic E-state index is -0.373. The fourth-order valence-electron chi connectivity index (χ4n) is 4.87. The highest BCUT2D eigenvalue weighted by Gasteiger charge is 2.20. The number of carbonyl (C=O) groups is 3. The number of Topliss-reactive ketones (excluding diaryl/α,β-unsaturated/α-hetero) is 2. The Morgan fingerprint density at radius 1 is 0.889 bits per heavy atom. The average Bonchev–Trinajstić information content (AvgIpc) is 3.31. The number of halogens is 1. The normalized spacial score (nSPS) is 14.9. The first-order chi connectivity index (χ1) is 17.3. The molecule has 36 heavy (non-hydrogen) atoms. The van der Waals surface area contributed by atoms with Gasteiger partial charge in [0.05, 0.1) is 12.2 Å². The molecule has 0 bridgehead atoms. The third kappa shape index (κ3) is 6.33. The molecule has 1 fully saturated rings. The van der Waals surface area contributed by atoms with Gasteiger partial charge in [0.2, 0.25) is 0 Å². The lowest BCUT2D eigenvalue weighted by Crippen LogP contribution is -2.16. The van der Waals surface area contributed by atoms with Gasteiger partial charge in [0.1, 0.15) is 5.58 Å². The Bertz CT molecular complexity index is 1220. The van der Waals surface area contributed by atoms with Gasteiger partial charge in [-0.3, -0.25) is 9.59 Å². The summed E-state index contributed by atoms with van der Waals surface area (Å²) in [5.74, 6) is -0.0493. The third-order valence-corrected chi connectivity index (χ3v) is 7.79. The summed E-state index contributed by atoms with van der Waals surface area (Å²) in [4.78, 5) is 38.1. The van der Waals surface area contributed by atoms with Gasteiger partial charge in [-0.2, -0.15) is 0 Å². The summed E-state index contributed by atoms with van der Waals surface area (Å²) in [5, 5.41) is 0.921. The highest BCUT2D eigenvalue weighted by molar-refractivity contribution is 9.10. The van der Waals surface area contributed by atoms with Crippen molar-refractivity contribution in [3.05, 3.63) is 68.9 Å². The van der Waals surface area contributed by atoms with E-state index < -0.39 is 0 Å². The predicted octanol–water partition coefficient (Wildman–Crippen LogP) is 8.18. The van der Waals surface area contributed by atoms with Crippen LogP contribution in [0.1, 0.15) is 100 Å². The molecule has 190 valence electrons. The highest BCUT2D eigenvalue weighted by atomic mass is 79.9. The van der Waals surface area contributed by atoms with Gasteiger partial charge in [0, 0.05) is 28.3 Å². The molecule has 0 radical (unpaired) electrons. The number of carbonyl (C=O) groups excluding carboxylic acids is 3. The van der Waals surface area contributed by atoms with Crippen molar-refractivity contribution in [2.75, 3.05) is 6.61 Å². The molecule has 1 aromatic heterocycles. The topological polar surface area (TPSA) is 73.6 Å². The van der Waals surface area contributed by atoms with Crippen LogP contribution in [0.25, 0.3) is 11.0 Å². The standard InChI is InChI=1S/C30H33BrO5/c1-19-10-11-20(2)29-24(19)17-28(36-29)27(33)15-14-26(32)23-13-12-22(16-25(23)31)30(34)35-18-21-8-6-4-3-5-7-9-21/h10-13,16-17,21H,3-9,14-15,18H2,1-2H3. The molecule has 0 unspecified atom stereocenters. The van der Waals surface area contributed by atoms with Gasteiger partial charge < -0.3 is 9.15 Å². The van der Waals surface area contributed by atoms with Crippen molar-refractivity contribution in [3.63, 3.8) is 0 Å². The summed E-state index contributed by atoms with van der Waals surface area (Å²) < 4.78 is 11.9. The largest absolute Gasteiger partial charge is 0.462 e. The van der Waals surface area contributed by atoms with Crippen LogP contribution in [0.15, 0.2) is 45.3 Å². The Morgan fingerprint density at radius 3 is 2.25 bits per heavy atom. The van der Waals surface area contributed by atoms with Crippen LogP contribution in [0.3, 0.4) is 0 Å². The van der Waals surface area contributed by atoms with E-state index in [1.165, 1.54) is 32.1 Å². The Labute approximate surface area is 220 Å². The molecule has 0 N–H and O–H groups in total. The zero-order valence-corrected chi connectivity index (χ0v) is 22.6. The van der Waals surface area contributed by atoms with Crippen LogP contribution < -0.4 is 0 Å². The van der Waals surface area contributed by atoms with Crippen LogP contribution >= 0.6 is 15.9 Å². The lowest BCUT2D eigenvalue weighted by Gasteiger charge is -2.19. The van der Waals surface area contributed by atoms with Crippen LogP contribution in [0.2, 0.25) is 0 Å². The molecule has 3 aromatic rings.